The summed E-state index contributed by atoms with van der Waals surface area (Å²) in [7, 11) is 0. The quantitative estimate of drug-likeness (QED) is 0.204. The van der Waals surface area contributed by atoms with Crippen LogP contribution in [0.15, 0.2) is 59.2 Å². The van der Waals surface area contributed by atoms with E-state index in [9.17, 15) is 0 Å². The van der Waals surface area contributed by atoms with Crippen LogP contribution in [0, 0.1) is 0 Å². The summed E-state index contributed by atoms with van der Waals surface area (Å²) in [6.45, 7) is 3.45. The topological polar surface area (TPSA) is 67.6 Å². The molecule has 0 radical (unpaired) electrons. The summed E-state index contributed by atoms with van der Waals surface area (Å²) >= 11 is 0. The molecule has 0 saturated carbocycles. The van der Waals surface area contributed by atoms with Gasteiger partial charge in [-0.1, -0.05) is 72.7 Å². The van der Waals surface area contributed by atoms with Gasteiger partial charge in [0.1, 0.15) is 5.84 Å². The third kappa shape index (κ3) is 4.65. The van der Waals surface area contributed by atoms with Crippen LogP contribution in [0.4, 0.5) is 0 Å². The molecule has 1 heterocycles. The zero-order valence-corrected chi connectivity index (χ0v) is 17.7. The SMILES string of the molecule is N/N=C(\N)CCCCCN1CCC(=C2c3ccccc3C=Cc3ccccc32)CC1. The van der Waals surface area contributed by atoms with Crippen molar-refractivity contribution in [2.75, 3.05) is 19.6 Å². The van der Waals surface area contributed by atoms with Gasteiger partial charge >= 0.3 is 0 Å². The molecule has 0 bridgehead atoms. The lowest BCUT2D eigenvalue weighted by molar-refractivity contribution is 0.251. The molecule has 0 amide bonds. The number of likely N-dealkylation sites (tertiary alicyclic amines) is 1. The second-order valence-corrected chi connectivity index (χ2v) is 8.26. The molecule has 1 aliphatic heterocycles. The molecule has 2 aromatic carbocycles. The van der Waals surface area contributed by atoms with Crippen molar-refractivity contribution in [2.45, 2.75) is 38.5 Å². The van der Waals surface area contributed by atoms with Gasteiger partial charge in [0.2, 0.25) is 0 Å². The zero-order chi connectivity index (χ0) is 20.8. The molecule has 30 heavy (non-hydrogen) atoms. The van der Waals surface area contributed by atoms with Gasteiger partial charge in [-0.15, -0.1) is 0 Å². The molecule has 4 N–H and O–H groups in total. The minimum absolute atomic E-state index is 0.558. The van der Waals surface area contributed by atoms with E-state index in [4.69, 9.17) is 11.6 Å². The van der Waals surface area contributed by atoms with Crippen LogP contribution in [0.1, 0.15) is 60.8 Å². The lowest BCUT2D eigenvalue weighted by atomic mass is 9.86. The third-order valence-corrected chi connectivity index (χ3v) is 6.29. The number of piperidine rings is 1. The number of benzene rings is 2. The average molecular weight is 401 g/mol. The molecule has 0 aromatic heterocycles. The van der Waals surface area contributed by atoms with E-state index in [0.29, 0.717) is 5.84 Å². The summed E-state index contributed by atoms with van der Waals surface area (Å²) in [6.07, 6.45) is 11.1. The second-order valence-electron chi connectivity index (χ2n) is 8.26. The van der Waals surface area contributed by atoms with Gasteiger partial charge in [0, 0.05) is 19.5 Å². The van der Waals surface area contributed by atoms with Crippen molar-refractivity contribution in [1.82, 2.24) is 4.90 Å². The van der Waals surface area contributed by atoms with Gasteiger partial charge in [0.25, 0.3) is 0 Å². The lowest BCUT2D eigenvalue weighted by Crippen LogP contribution is -2.32. The highest BCUT2D eigenvalue weighted by Crippen LogP contribution is 2.38. The molecule has 0 spiro atoms. The number of nitrogens with two attached hydrogens (primary N) is 2. The van der Waals surface area contributed by atoms with E-state index < -0.39 is 0 Å². The van der Waals surface area contributed by atoms with Crippen molar-refractivity contribution in [1.29, 1.82) is 0 Å². The van der Waals surface area contributed by atoms with Crippen LogP contribution in [-0.2, 0) is 0 Å². The standard InChI is InChI=1S/C26H32N4/c27-25(29-28)12-2-1-7-17-30-18-15-22(16-19-30)26-23-10-5-3-8-20(23)13-14-21-9-4-6-11-24(21)26/h3-6,8-11,13-14H,1-2,7,12,15-19,28H2,(H2,27,29). The van der Waals surface area contributed by atoms with Crippen LogP contribution in [0.25, 0.3) is 17.7 Å². The molecule has 0 unspecified atom stereocenters. The number of hydrogen-bond donors (Lipinski definition) is 2. The highest BCUT2D eigenvalue weighted by Gasteiger charge is 2.22. The average Bonchev–Trinajstić information content (AvgIpc) is 2.96. The van der Waals surface area contributed by atoms with Gasteiger partial charge < -0.3 is 16.5 Å². The van der Waals surface area contributed by atoms with E-state index >= 15 is 0 Å². The van der Waals surface area contributed by atoms with Crippen molar-refractivity contribution in [3.05, 3.63) is 76.4 Å². The van der Waals surface area contributed by atoms with Crippen LogP contribution < -0.4 is 11.6 Å². The fourth-order valence-corrected chi connectivity index (χ4v) is 4.62. The van der Waals surface area contributed by atoms with Gasteiger partial charge in [0.15, 0.2) is 0 Å². The van der Waals surface area contributed by atoms with E-state index in [1.54, 1.807) is 5.57 Å². The first-order valence-corrected chi connectivity index (χ1v) is 11.1. The zero-order valence-electron chi connectivity index (χ0n) is 17.7. The maximum absolute atomic E-state index is 5.67. The molecular weight excluding hydrogens is 368 g/mol. The number of hydrazone groups is 1. The van der Waals surface area contributed by atoms with Crippen molar-refractivity contribution >= 4 is 23.6 Å². The van der Waals surface area contributed by atoms with Crippen molar-refractivity contribution in [2.24, 2.45) is 16.7 Å². The molecule has 4 heteroatoms. The Morgan fingerprint density at radius 2 is 1.43 bits per heavy atom. The third-order valence-electron chi connectivity index (χ3n) is 6.29. The fraction of sp³-hybridized carbons (Fsp3) is 0.346. The maximum atomic E-state index is 5.67. The number of nitrogens with zero attached hydrogens (tertiary/aromatic N) is 2. The minimum atomic E-state index is 0.558. The molecule has 1 saturated heterocycles. The summed E-state index contributed by atoms with van der Waals surface area (Å²) in [5.74, 6) is 5.75. The van der Waals surface area contributed by atoms with Crippen molar-refractivity contribution in [3.8, 4) is 0 Å². The maximum Gasteiger partial charge on any atom is 0.119 e. The number of unbranched alkanes of at least 4 members (excludes halogenated alkanes) is 2. The Morgan fingerprint density at radius 3 is 2.03 bits per heavy atom. The second kappa shape index (κ2) is 9.77. The molecule has 2 aliphatic rings. The molecule has 156 valence electrons. The molecule has 4 nitrogen and oxygen atoms in total. The summed E-state index contributed by atoms with van der Waals surface area (Å²) in [4.78, 5) is 2.61. The van der Waals surface area contributed by atoms with Crippen molar-refractivity contribution in [3.63, 3.8) is 0 Å². The van der Waals surface area contributed by atoms with E-state index in [1.165, 1.54) is 40.7 Å². The Hall–Kier alpha value is -2.85. The molecule has 1 aliphatic carbocycles. The Kier molecular flexibility index (Phi) is 6.65. The van der Waals surface area contributed by atoms with Gasteiger partial charge in [-0.25, -0.2) is 0 Å². The summed E-state index contributed by atoms with van der Waals surface area (Å²) in [6, 6.07) is 17.6. The summed E-state index contributed by atoms with van der Waals surface area (Å²) in [5, 5.41) is 3.54. The molecule has 0 atom stereocenters. The Balaban J connectivity index is 1.46. The summed E-state index contributed by atoms with van der Waals surface area (Å²) in [5.41, 5.74) is 14.1. The Morgan fingerprint density at radius 1 is 0.833 bits per heavy atom. The predicted molar refractivity (Wildman–Crippen MR) is 128 cm³/mol. The number of rotatable bonds is 6. The Bertz CT molecular complexity index is 909. The van der Waals surface area contributed by atoms with E-state index in [2.05, 4.69) is 70.7 Å². The fourth-order valence-electron chi connectivity index (χ4n) is 4.62. The van der Waals surface area contributed by atoms with E-state index in [0.717, 1.165) is 45.3 Å². The molecule has 2 aromatic rings. The minimum Gasteiger partial charge on any atom is -0.386 e. The van der Waals surface area contributed by atoms with Crippen LogP contribution >= 0.6 is 0 Å². The van der Waals surface area contributed by atoms with Crippen molar-refractivity contribution < 1.29 is 0 Å². The van der Waals surface area contributed by atoms with Crippen LogP contribution in [0.3, 0.4) is 0 Å². The molecule has 1 fully saturated rings. The molecular formula is C26H32N4. The normalized spacial score (nSPS) is 16.9. The highest BCUT2D eigenvalue weighted by molar-refractivity contribution is 5.94. The van der Waals surface area contributed by atoms with E-state index in [1.807, 2.05) is 0 Å². The van der Waals surface area contributed by atoms with Crippen LogP contribution in [-0.4, -0.2) is 30.4 Å². The highest BCUT2D eigenvalue weighted by atomic mass is 15.1. The number of fused-ring (bicyclic) bond motifs is 2. The molecule has 4 rings (SSSR count). The van der Waals surface area contributed by atoms with E-state index in [-0.39, 0.29) is 0 Å². The lowest BCUT2D eigenvalue weighted by Gasteiger charge is -2.30. The summed E-state index contributed by atoms with van der Waals surface area (Å²) < 4.78 is 0. The largest absolute Gasteiger partial charge is 0.386 e. The van der Waals surface area contributed by atoms with Gasteiger partial charge in [-0.05, 0) is 60.1 Å². The first-order chi connectivity index (χ1) is 14.8. The first-order valence-electron chi connectivity index (χ1n) is 11.1. The van der Waals surface area contributed by atoms with Crippen LogP contribution in [0.2, 0.25) is 0 Å². The van der Waals surface area contributed by atoms with Gasteiger partial charge in [-0.3, -0.25) is 0 Å². The number of hydrogen-bond acceptors (Lipinski definition) is 3. The van der Waals surface area contributed by atoms with Crippen LogP contribution in [0.5, 0.6) is 0 Å². The predicted octanol–water partition coefficient (Wildman–Crippen LogP) is 4.86. The Labute approximate surface area is 180 Å². The number of amidine groups is 1. The smallest absolute Gasteiger partial charge is 0.119 e. The monoisotopic (exact) mass is 400 g/mol. The first kappa shape index (κ1) is 20.4. The van der Waals surface area contributed by atoms with Gasteiger partial charge in [-0.2, -0.15) is 5.10 Å². The van der Waals surface area contributed by atoms with Gasteiger partial charge in [0.05, 0.1) is 0 Å².